The van der Waals surface area contributed by atoms with Crippen molar-refractivity contribution in [2.24, 2.45) is 0 Å². The van der Waals surface area contributed by atoms with Gasteiger partial charge in [0, 0.05) is 10.5 Å². The van der Waals surface area contributed by atoms with Crippen LogP contribution in [-0.2, 0) is 6.42 Å². The standard InChI is InChI=1S/C12H14BrN3OS/c1-14-11(12-7-15-16-18-12)6-8-5-9(17-2)3-4-10(8)13/h3-5,7,11,14H,6H2,1-2H3. The van der Waals surface area contributed by atoms with Gasteiger partial charge < -0.3 is 10.1 Å². The molecular formula is C12H14BrN3OS. The number of methoxy groups -OCH3 is 1. The van der Waals surface area contributed by atoms with Crippen molar-refractivity contribution in [3.8, 4) is 5.75 Å². The van der Waals surface area contributed by atoms with Gasteiger partial charge in [0.15, 0.2) is 0 Å². The Bertz CT molecular complexity index is 504. The summed E-state index contributed by atoms with van der Waals surface area (Å²) < 4.78 is 10.2. The zero-order valence-corrected chi connectivity index (χ0v) is 12.6. The monoisotopic (exact) mass is 327 g/mol. The Morgan fingerprint density at radius 1 is 1.50 bits per heavy atom. The Morgan fingerprint density at radius 2 is 2.33 bits per heavy atom. The van der Waals surface area contributed by atoms with Crippen LogP contribution in [0.3, 0.4) is 0 Å². The third-order valence-corrected chi connectivity index (χ3v) is 4.30. The summed E-state index contributed by atoms with van der Waals surface area (Å²) in [6, 6.07) is 6.21. The number of benzene rings is 1. The van der Waals surface area contributed by atoms with E-state index in [2.05, 4.69) is 30.8 Å². The minimum absolute atomic E-state index is 0.216. The van der Waals surface area contributed by atoms with E-state index in [1.165, 1.54) is 17.1 Å². The first kappa shape index (κ1) is 13.5. The van der Waals surface area contributed by atoms with Crippen LogP contribution < -0.4 is 10.1 Å². The van der Waals surface area contributed by atoms with Crippen molar-refractivity contribution in [2.75, 3.05) is 14.2 Å². The van der Waals surface area contributed by atoms with Gasteiger partial charge in [0.1, 0.15) is 5.75 Å². The van der Waals surface area contributed by atoms with Crippen molar-refractivity contribution in [1.29, 1.82) is 0 Å². The van der Waals surface area contributed by atoms with Crippen molar-refractivity contribution in [1.82, 2.24) is 14.9 Å². The fraction of sp³-hybridized carbons (Fsp3) is 0.333. The normalized spacial score (nSPS) is 12.4. The van der Waals surface area contributed by atoms with Crippen molar-refractivity contribution in [3.63, 3.8) is 0 Å². The molecule has 6 heteroatoms. The highest BCUT2D eigenvalue weighted by Gasteiger charge is 2.14. The third kappa shape index (κ3) is 3.07. The molecule has 2 aromatic rings. The molecule has 2 rings (SSSR count). The molecule has 1 atom stereocenters. The lowest BCUT2D eigenvalue weighted by atomic mass is 10.0. The van der Waals surface area contributed by atoms with Crippen LogP contribution in [0.5, 0.6) is 5.75 Å². The molecule has 0 amide bonds. The average Bonchev–Trinajstić information content (AvgIpc) is 2.91. The van der Waals surface area contributed by atoms with E-state index in [1.54, 1.807) is 13.3 Å². The summed E-state index contributed by atoms with van der Waals surface area (Å²) in [5.41, 5.74) is 1.20. The van der Waals surface area contributed by atoms with E-state index < -0.39 is 0 Å². The van der Waals surface area contributed by atoms with Gasteiger partial charge >= 0.3 is 0 Å². The van der Waals surface area contributed by atoms with Crippen molar-refractivity contribution in [3.05, 3.63) is 39.3 Å². The predicted molar refractivity (Wildman–Crippen MR) is 76.1 cm³/mol. The number of rotatable bonds is 5. The Hall–Kier alpha value is -0.980. The van der Waals surface area contributed by atoms with Crippen molar-refractivity contribution in [2.45, 2.75) is 12.5 Å². The maximum absolute atomic E-state index is 5.25. The van der Waals surface area contributed by atoms with Crippen LogP contribution in [0.15, 0.2) is 28.9 Å². The summed E-state index contributed by atoms with van der Waals surface area (Å²) in [4.78, 5) is 1.13. The predicted octanol–water partition coefficient (Wildman–Crippen LogP) is 2.81. The first-order chi connectivity index (χ1) is 8.74. The molecule has 1 heterocycles. The SMILES string of the molecule is CNC(Cc1cc(OC)ccc1Br)c1cnns1. The van der Waals surface area contributed by atoms with Crippen LogP contribution in [0.25, 0.3) is 0 Å². The quantitative estimate of drug-likeness (QED) is 0.917. The number of likely N-dealkylation sites (N-methyl/N-ethyl adjacent to an activating group) is 1. The molecule has 4 nitrogen and oxygen atoms in total. The van der Waals surface area contributed by atoms with Gasteiger partial charge in [0.2, 0.25) is 0 Å². The Morgan fingerprint density at radius 3 is 2.94 bits per heavy atom. The van der Waals surface area contributed by atoms with Gasteiger partial charge in [-0.3, -0.25) is 0 Å². The first-order valence-corrected chi connectivity index (χ1v) is 7.08. The zero-order chi connectivity index (χ0) is 13.0. The molecule has 0 fully saturated rings. The fourth-order valence-corrected chi connectivity index (χ4v) is 2.75. The van der Waals surface area contributed by atoms with E-state index >= 15 is 0 Å². The minimum atomic E-state index is 0.216. The molecule has 0 aliphatic rings. The van der Waals surface area contributed by atoms with Crippen LogP contribution in [0.2, 0.25) is 0 Å². The lowest BCUT2D eigenvalue weighted by molar-refractivity contribution is 0.414. The summed E-state index contributed by atoms with van der Waals surface area (Å²) in [5, 5.41) is 7.17. The summed E-state index contributed by atoms with van der Waals surface area (Å²) in [6.07, 6.45) is 2.66. The molecular weight excluding hydrogens is 314 g/mol. The highest BCUT2D eigenvalue weighted by molar-refractivity contribution is 9.10. The Balaban J connectivity index is 2.21. The summed E-state index contributed by atoms with van der Waals surface area (Å²) in [5.74, 6) is 0.866. The minimum Gasteiger partial charge on any atom is -0.497 e. The molecule has 1 aromatic carbocycles. The van der Waals surface area contributed by atoms with Gasteiger partial charge in [0.05, 0.1) is 18.2 Å². The number of aromatic nitrogens is 2. The third-order valence-electron chi connectivity index (χ3n) is 2.75. The molecule has 1 aromatic heterocycles. The maximum atomic E-state index is 5.25. The molecule has 0 bridgehead atoms. The highest BCUT2D eigenvalue weighted by atomic mass is 79.9. The lowest BCUT2D eigenvalue weighted by Crippen LogP contribution is -2.18. The topological polar surface area (TPSA) is 47.0 Å². The fourth-order valence-electron chi connectivity index (χ4n) is 1.73. The zero-order valence-electron chi connectivity index (χ0n) is 10.2. The highest BCUT2D eigenvalue weighted by Crippen LogP contribution is 2.27. The molecule has 0 aliphatic carbocycles. The molecule has 0 radical (unpaired) electrons. The van der Waals surface area contributed by atoms with E-state index in [1.807, 2.05) is 25.2 Å². The number of nitrogens with zero attached hydrogens (tertiary/aromatic N) is 2. The molecule has 0 spiro atoms. The largest absolute Gasteiger partial charge is 0.497 e. The number of halogens is 1. The summed E-state index contributed by atoms with van der Waals surface area (Å²) >= 11 is 4.99. The van der Waals surface area contributed by atoms with Gasteiger partial charge in [-0.05, 0) is 48.8 Å². The van der Waals surface area contributed by atoms with Crippen LogP contribution in [0.1, 0.15) is 16.5 Å². The second kappa shape index (κ2) is 6.26. The summed E-state index contributed by atoms with van der Waals surface area (Å²) in [7, 11) is 3.62. The van der Waals surface area contributed by atoms with Crippen molar-refractivity contribution < 1.29 is 4.74 Å². The number of hydrogen-bond acceptors (Lipinski definition) is 5. The number of hydrogen-bond donors (Lipinski definition) is 1. The van der Waals surface area contributed by atoms with Gasteiger partial charge in [-0.1, -0.05) is 20.4 Å². The lowest BCUT2D eigenvalue weighted by Gasteiger charge is -2.15. The smallest absolute Gasteiger partial charge is 0.119 e. The van der Waals surface area contributed by atoms with E-state index in [-0.39, 0.29) is 6.04 Å². The second-order valence-corrected chi connectivity index (χ2v) is 5.49. The van der Waals surface area contributed by atoms with E-state index in [9.17, 15) is 0 Å². The Kier molecular flexibility index (Phi) is 4.68. The number of nitrogens with one attached hydrogen (secondary N) is 1. The van der Waals surface area contributed by atoms with E-state index in [0.717, 1.165) is 21.5 Å². The van der Waals surface area contributed by atoms with E-state index in [0.29, 0.717) is 0 Å². The average molecular weight is 328 g/mol. The maximum Gasteiger partial charge on any atom is 0.119 e. The molecule has 96 valence electrons. The van der Waals surface area contributed by atoms with Crippen LogP contribution in [0.4, 0.5) is 0 Å². The molecule has 1 N–H and O–H groups in total. The van der Waals surface area contributed by atoms with Crippen molar-refractivity contribution >= 4 is 27.5 Å². The van der Waals surface area contributed by atoms with Gasteiger partial charge in [0.25, 0.3) is 0 Å². The van der Waals surface area contributed by atoms with Gasteiger partial charge in [-0.2, -0.15) is 0 Å². The van der Waals surface area contributed by atoms with Crippen LogP contribution in [0, 0.1) is 0 Å². The van der Waals surface area contributed by atoms with Crippen LogP contribution in [-0.4, -0.2) is 23.7 Å². The van der Waals surface area contributed by atoms with Crippen LogP contribution >= 0.6 is 27.5 Å². The molecule has 0 saturated heterocycles. The second-order valence-electron chi connectivity index (χ2n) is 3.82. The van der Waals surface area contributed by atoms with Gasteiger partial charge in [-0.15, -0.1) is 5.10 Å². The molecule has 1 unspecified atom stereocenters. The summed E-state index contributed by atoms with van der Waals surface area (Å²) in [6.45, 7) is 0. The van der Waals surface area contributed by atoms with E-state index in [4.69, 9.17) is 4.74 Å². The Labute approximate surface area is 119 Å². The first-order valence-electron chi connectivity index (χ1n) is 5.51. The number of ether oxygens (including phenoxy) is 1. The molecule has 18 heavy (non-hydrogen) atoms. The molecule has 0 aliphatic heterocycles. The van der Waals surface area contributed by atoms with Gasteiger partial charge in [-0.25, -0.2) is 0 Å². The molecule has 0 saturated carbocycles.